The van der Waals surface area contributed by atoms with Gasteiger partial charge in [-0.3, -0.25) is 4.79 Å². The lowest BCUT2D eigenvalue weighted by atomic mass is 9.90. The summed E-state index contributed by atoms with van der Waals surface area (Å²) in [7, 11) is 0. The van der Waals surface area contributed by atoms with E-state index in [0.717, 1.165) is 11.3 Å². The molecule has 0 fully saturated rings. The number of carboxylic acid groups (broad SMARTS) is 1. The molecule has 1 N–H and O–H groups in total. The minimum atomic E-state index is -0.983. The average Bonchev–Trinajstić information content (AvgIpc) is 2.82. The zero-order chi connectivity index (χ0) is 14.2. The fraction of sp³-hybridized carbons (Fsp3) is 0.333. The quantitative estimate of drug-likeness (QED) is 0.921. The Balaban J connectivity index is 2.47. The van der Waals surface area contributed by atoms with Crippen LogP contribution in [0.4, 0.5) is 0 Å². The number of hydrogen-bond donors (Lipinski definition) is 1. The highest BCUT2D eigenvalue weighted by molar-refractivity contribution is 5.79. The molecule has 0 amide bonds. The summed E-state index contributed by atoms with van der Waals surface area (Å²) in [5.74, 6) is -0.876. The molecule has 4 nitrogen and oxygen atoms in total. The van der Waals surface area contributed by atoms with Crippen LogP contribution in [0.5, 0.6) is 0 Å². The van der Waals surface area contributed by atoms with Crippen molar-refractivity contribution in [3.63, 3.8) is 0 Å². The third-order valence-electron chi connectivity index (χ3n) is 3.59. The highest BCUT2D eigenvalue weighted by Gasteiger charge is 2.32. The zero-order valence-corrected chi connectivity index (χ0v) is 11.6. The van der Waals surface area contributed by atoms with Crippen molar-refractivity contribution in [2.24, 2.45) is 0 Å². The van der Waals surface area contributed by atoms with Crippen molar-refractivity contribution in [1.29, 1.82) is 0 Å². The van der Waals surface area contributed by atoms with Crippen LogP contribution in [0.3, 0.4) is 0 Å². The van der Waals surface area contributed by atoms with Gasteiger partial charge in [0.15, 0.2) is 0 Å². The summed E-state index contributed by atoms with van der Waals surface area (Å²) in [5, 5.41) is 13.6. The van der Waals surface area contributed by atoms with Crippen LogP contribution in [0.15, 0.2) is 30.5 Å². The monoisotopic (exact) mass is 258 g/mol. The van der Waals surface area contributed by atoms with Crippen molar-refractivity contribution < 1.29 is 9.90 Å². The number of nitrogens with zero attached hydrogens (tertiary/aromatic N) is 2. The lowest BCUT2D eigenvalue weighted by Gasteiger charge is -2.16. The molecule has 4 heteroatoms. The molecule has 0 spiro atoms. The normalized spacial score (nSPS) is 11.6. The predicted molar refractivity (Wildman–Crippen MR) is 73.7 cm³/mol. The van der Waals surface area contributed by atoms with Gasteiger partial charge in [0, 0.05) is 6.20 Å². The molecule has 0 atom stereocenters. The molecule has 0 aliphatic heterocycles. The summed E-state index contributed by atoms with van der Waals surface area (Å²) >= 11 is 0. The number of carboxylic acids is 1. The van der Waals surface area contributed by atoms with Gasteiger partial charge in [-0.05, 0) is 51.0 Å². The van der Waals surface area contributed by atoms with Crippen LogP contribution in [0, 0.1) is 13.8 Å². The predicted octanol–water partition coefficient (Wildman–Crippen LogP) is 2.85. The van der Waals surface area contributed by atoms with Gasteiger partial charge in [0.05, 0.1) is 11.4 Å². The Bertz CT molecular complexity index is 627. The summed E-state index contributed by atoms with van der Waals surface area (Å²) in [6, 6.07) is 7.76. The number of hydrogen-bond acceptors (Lipinski definition) is 2. The topological polar surface area (TPSA) is 55.1 Å². The Morgan fingerprint density at radius 1 is 1.26 bits per heavy atom. The van der Waals surface area contributed by atoms with Gasteiger partial charge in [0.25, 0.3) is 0 Å². The molecule has 100 valence electrons. The summed E-state index contributed by atoms with van der Waals surface area (Å²) in [5.41, 5.74) is 2.88. The van der Waals surface area contributed by atoms with Crippen molar-refractivity contribution in [3.05, 3.63) is 47.3 Å². The van der Waals surface area contributed by atoms with Crippen LogP contribution < -0.4 is 0 Å². The van der Waals surface area contributed by atoms with Gasteiger partial charge >= 0.3 is 5.97 Å². The molecule has 0 saturated carbocycles. The smallest absolute Gasteiger partial charge is 0.315 e. The summed E-state index contributed by atoms with van der Waals surface area (Å²) < 4.78 is 1.74. The SMILES string of the molecule is Cc1cccc(-n2ccc(C(C)(C)C(=O)O)n2)c1C. The number of rotatable bonds is 3. The highest BCUT2D eigenvalue weighted by Crippen LogP contribution is 2.23. The maximum Gasteiger partial charge on any atom is 0.315 e. The number of carbonyl (C=O) groups is 1. The Morgan fingerprint density at radius 2 is 1.95 bits per heavy atom. The van der Waals surface area contributed by atoms with Crippen LogP contribution >= 0.6 is 0 Å². The summed E-state index contributed by atoms with van der Waals surface area (Å²) in [6.07, 6.45) is 1.81. The molecule has 0 aliphatic carbocycles. The van der Waals surface area contributed by atoms with E-state index in [1.165, 1.54) is 5.56 Å². The summed E-state index contributed by atoms with van der Waals surface area (Å²) in [6.45, 7) is 7.40. The van der Waals surface area contributed by atoms with E-state index in [-0.39, 0.29) is 0 Å². The van der Waals surface area contributed by atoms with Gasteiger partial charge < -0.3 is 5.11 Å². The molecule has 0 radical (unpaired) electrons. The second-order valence-corrected chi connectivity index (χ2v) is 5.29. The molecule has 1 aromatic carbocycles. The fourth-order valence-corrected chi connectivity index (χ4v) is 1.88. The molecule has 0 bridgehead atoms. The van der Waals surface area contributed by atoms with Gasteiger partial charge in [0.2, 0.25) is 0 Å². The Morgan fingerprint density at radius 3 is 2.58 bits per heavy atom. The van der Waals surface area contributed by atoms with Crippen LogP contribution in [-0.4, -0.2) is 20.9 Å². The van der Waals surface area contributed by atoms with Crippen LogP contribution in [0.1, 0.15) is 30.7 Å². The number of aliphatic carboxylic acids is 1. The number of aryl methyl sites for hydroxylation is 1. The minimum absolute atomic E-state index is 0.556. The van der Waals surface area contributed by atoms with E-state index >= 15 is 0 Å². The van der Waals surface area contributed by atoms with Gasteiger partial charge in [-0.25, -0.2) is 4.68 Å². The van der Waals surface area contributed by atoms with Crippen LogP contribution in [-0.2, 0) is 10.2 Å². The van der Waals surface area contributed by atoms with E-state index in [1.54, 1.807) is 24.6 Å². The second kappa shape index (κ2) is 4.53. The number of aromatic nitrogens is 2. The number of benzene rings is 1. The van der Waals surface area contributed by atoms with Gasteiger partial charge in [-0.1, -0.05) is 12.1 Å². The standard InChI is InChI=1S/C15H18N2O2/c1-10-6-5-7-12(11(10)2)17-9-8-13(16-17)15(3,4)14(18)19/h5-9H,1-4H3,(H,18,19). The largest absolute Gasteiger partial charge is 0.481 e. The third kappa shape index (κ3) is 2.26. The fourth-order valence-electron chi connectivity index (χ4n) is 1.88. The molecule has 2 aromatic rings. The van der Waals surface area contributed by atoms with E-state index in [4.69, 9.17) is 0 Å². The minimum Gasteiger partial charge on any atom is -0.481 e. The first-order valence-corrected chi connectivity index (χ1v) is 6.20. The molecule has 0 aliphatic rings. The van der Waals surface area contributed by atoms with Crippen molar-refractivity contribution in [1.82, 2.24) is 9.78 Å². The third-order valence-corrected chi connectivity index (χ3v) is 3.59. The lowest BCUT2D eigenvalue weighted by Crippen LogP contribution is -2.29. The van der Waals surface area contributed by atoms with Crippen molar-refractivity contribution in [2.45, 2.75) is 33.1 Å². The molecule has 2 rings (SSSR count). The van der Waals surface area contributed by atoms with Crippen LogP contribution in [0.25, 0.3) is 5.69 Å². The Hall–Kier alpha value is -2.10. The van der Waals surface area contributed by atoms with E-state index in [0.29, 0.717) is 5.69 Å². The lowest BCUT2D eigenvalue weighted by molar-refractivity contribution is -0.142. The van der Waals surface area contributed by atoms with E-state index in [2.05, 4.69) is 5.10 Å². The van der Waals surface area contributed by atoms with Crippen LogP contribution in [0.2, 0.25) is 0 Å². The first kappa shape index (κ1) is 13.3. The van der Waals surface area contributed by atoms with Crippen molar-refractivity contribution >= 4 is 5.97 Å². The first-order valence-electron chi connectivity index (χ1n) is 6.20. The molecule has 19 heavy (non-hydrogen) atoms. The Kier molecular flexibility index (Phi) is 3.18. The average molecular weight is 258 g/mol. The summed E-state index contributed by atoms with van der Waals surface area (Å²) in [4.78, 5) is 11.2. The zero-order valence-electron chi connectivity index (χ0n) is 11.6. The Labute approximate surface area is 112 Å². The maximum absolute atomic E-state index is 11.2. The van der Waals surface area contributed by atoms with Gasteiger partial charge in [-0.15, -0.1) is 0 Å². The van der Waals surface area contributed by atoms with E-state index < -0.39 is 11.4 Å². The first-order chi connectivity index (χ1) is 8.84. The molecular formula is C15H18N2O2. The van der Waals surface area contributed by atoms with Crippen molar-refractivity contribution in [3.8, 4) is 5.69 Å². The molecule has 1 aromatic heterocycles. The van der Waals surface area contributed by atoms with E-state index in [1.807, 2.05) is 38.2 Å². The molecule has 0 saturated heterocycles. The maximum atomic E-state index is 11.2. The molecule has 1 heterocycles. The van der Waals surface area contributed by atoms with Gasteiger partial charge in [-0.2, -0.15) is 5.10 Å². The highest BCUT2D eigenvalue weighted by atomic mass is 16.4. The van der Waals surface area contributed by atoms with Crippen molar-refractivity contribution in [2.75, 3.05) is 0 Å². The van der Waals surface area contributed by atoms with E-state index in [9.17, 15) is 9.90 Å². The van der Waals surface area contributed by atoms with Gasteiger partial charge in [0.1, 0.15) is 5.41 Å². The molecular weight excluding hydrogens is 240 g/mol. The molecule has 0 unspecified atom stereocenters. The second-order valence-electron chi connectivity index (χ2n) is 5.29.